The van der Waals surface area contributed by atoms with Crippen molar-refractivity contribution < 1.29 is 4.74 Å². The minimum atomic E-state index is 0.836. The van der Waals surface area contributed by atoms with Gasteiger partial charge >= 0.3 is 0 Å². The van der Waals surface area contributed by atoms with Crippen LogP contribution in [0.5, 0.6) is 0 Å². The summed E-state index contributed by atoms with van der Waals surface area (Å²) < 4.78 is 5.35. The molecule has 1 N–H and O–H groups in total. The number of piperidine rings is 1. The molecule has 96 valence electrons. The molecule has 1 aliphatic heterocycles. The second-order valence-electron chi connectivity index (χ2n) is 4.84. The second kappa shape index (κ2) is 8.97. The summed E-state index contributed by atoms with van der Waals surface area (Å²) in [4.78, 5) is 2.39. The lowest BCUT2D eigenvalue weighted by Crippen LogP contribution is -2.29. The van der Waals surface area contributed by atoms with Crippen LogP contribution in [0.1, 0.15) is 32.6 Å². The first-order valence-electron chi connectivity index (χ1n) is 6.80. The molecular formula is C13H28N2O. The number of hydrogen-bond acceptors (Lipinski definition) is 3. The molecule has 0 radical (unpaired) electrons. The van der Waals surface area contributed by atoms with Gasteiger partial charge in [0, 0.05) is 13.2 Å². The van der Waals surface area contributed by atoms with E-state index in [0.717, 1.165) is 25.7 Å². The van der Waals surface area contributed by atoms with Crippen molar-refractivity contribution in [3.8, 4) is 0 Å². The van der Waals surface area contributed by atoms with Gasteiger partial charge in [-0.15, -0.1) is 0 Å². The van der Waals surface area contributed by atoms with Crippen LogP contribution in [0.2, 0.25) is 0 Å². The van der Waals surface area contributed by atoms with E-state index in [0.29, 0.717) is 0 Å². The minimum absolute atomic E-state index is 0.836. The highest BCUT2D eigenvalue weighted by Gasteiger charge is 2.12. The maximum absolute atomic E-state index is 5.35. The highest BCUT2D eigenvalue weighted by atomic mass is 16.5. The molecule has 0 unspecified atom stereocenters. The molecule has 1 aliphatic rings. The zero-order valence-electron chi connectivity index (χ0n) is 11.0. The molecule has 0 aromatic heterocycles. The summed E-state index contributed by atoms with van der Waals surface area (Å²) in [6.45, 7) is 8.51. The third-order valence-electron chi connectivity index (χ3n) is 3.43. The van der Waals surface area contributed by atoms with Crippen LogP contribution in [0, 0.1) is 5.92 Å². The Balaban J connectivity index is 1.92. The summed E-state index contributed by atoms with van der Waals surface area (Å²) in [7, 11) is 2.20. The molecule has 3 heteroatoms. The van der Waals surface area contributed by atoms with E-state index in [2.05, 4.69) is 24.2 Å². The molecule has 3 nitrogen and oxygen atoms in total. The maximum atomic E-state index is 5.35. The van der Waals surface area contributed by atoms with Gasteiger partial charge in [0.05, 0.1) is 6.61 Å². The van der Waals surface area contributed by atoms with Gasteiger partial charge in [-0.05, 0) is 65.2 Å². The summed E-state index contributed by atoms with van der Waals surface area (Å²) in [6.07, 6.45) is 5.50. The van der Waals surface area contributed by atoms with Gasteiger partial charge < -0.3 is 15.0 Å². The lowest BCUT2D eigenvalue weighted by Gasteiger charge is -2.23. The van der Waals surface area contributed by atoms with E-state index in [4.69, 9.17) is 4.74 Å². The van der Waals surface area contributed by atoms with Gasteiger partial charge in [0.2, 0.25) is 0 Å². The zero-order valence-corrected chi connectivity index (χ0v) is 11.0. The molecule has 0 bridgehead atoms. The monoisotopic (exact) mass is 228 g/mol. The van der Waals surface area contributed by atoms with E-state index in [1.165, 1.54) is 45.3 Å². The van der Waals surface area contributed by atoms with Gasteiger partial charge in [-0.25, -0.2) is 0 Å². The highest BCUT2D eigenvalue weighted by molar-refractivity contribution is 4.68. The molecule has 1 rings (SSSR count). The van der Waals surface area contributed by atoms with Crippen molar-refractivity contribution in [2.24, 2.45) is 5.92 Å². The summed E-state index contributed by atoms with van der Waals surface area (Å²) in [5, 5.41) is 3.42. The standard InChI is InChI=1S/C13H28N2O/c1-3-16-12-11-15(2)10-4-5-13-6-8-14-9-7-13/h13-14H,3-12H2,1-2H3. The fraction of sp³-hybridized carbons (Fsp3) is 1.00. The van der Waals surface area contributed by atoms with Crippen LogP contribution in [0.15, 0.2) is 0 Å². The Labute approximate surface area is 101 Å². The highest BCUT2D eigenvalue weighted by Crippen LogP contribution is 2.17. The van der Waals surface area contributed by atoms with Crippen molar-refractivity contribution in [1.82, 2.24) is 10.2 Å². The van der Waals surface area contributed by atoms with Crippen molar-refractivity contribution in [2.75, 3.05) is 46.4 Å². The van der Waals surface area contributed by atoms with Crippen LogP contribution in [0.3, 0.4) is 0 Å². The number of nitrogens with one attached hydrogen (secondary N) is 1. The van der Waals surface area contributed by atoms with Crippen molar-refractivity contribution in [3.63, 3.8) is 0 Å². The number of likely N-dealkylation sites (N-methyl/N-ethyl adjacent to an activating group) is 1. The van der Waals surface area contributed by atoms with Crippen LogP contribution in [0.4, 0.5) is 0 Å². The molecule has 0 aliphatic carbocycles. The number of nitrogens with zero attached hydrogens (tertiary/aromatic N) is 1. The first-order valence-corrected chi connectivity index (χ1v) is 6.80. The summed E-state index contributed by atoms with van der Waals surface area (Å²) in [5.41, 5.74) is 0. The first-order chi connectivity index (χ1) is 7.83. The van der Waals surface area contributed by atoms with E-state index in [1.807, 2.05) is 0 Å². The van der Waals surface area contributed by atoms with Crippen LogP contribution >= 0.6 is 0 Å². The molecule has 1 heterocycles. The molecule has 1 saturated heterocycles. The molecule has 1 fully saturated rings. The fourth-order valence-electron chi connectivity index (χ4n) is 2.30. The quantitative estimate of drug-likeness (QED) is 0.640. The van der Waals surface area contributed by atoms with Crippen molar-refractivity contribution in [3.05, 3.63) is 0 Å². The van der Waals surface area contributed by atoms with Crippen LogP contribution in [0.25, 0.3) is 0 Å². The predicted molar refractivity (Wildman–Crippen MR) is 68.8 cm³/mol. The predicted octanol–water partition coefficient (Wildman–Crippen LogP) is 1.73. The lowest BCUT2D eigenvalue weighted by molar-refractivity contribution is 0.121. The number of ether oxygens (including phenoxy) is 1. The van der Waals surface area contributed by atoms with Crippen molar-refractivity contribution in [1.29, 1.82) is 0 Å². The SMILES string of the molecule is CCOCCN(C)CCCC1CCNCC1. The Kier molecular flexibility index (Phi) is 7.81. The molecule has 0 atom stereocenters. The molecule has 16 heavy (non-hydrogen) atoms. The van der Waals surface area contributed by atoms with Crippen LogP contribution in [-0.2, 0) is 4.74 Å². The molecule has 0 saturated carbocycles. The average Bonchev–Trinajstić information content (AvgIpc) is 2.31. The Morgan fingerprint density at radius 2 is 2.00 bits per heavy atom. The van der Waals surface area contributed by atoms with Crippen LogP contribution in [-0.4, -0.2) is 51.3 Å². The molecule has 0 aromatic carbocycles. The zero-order chi connectivity index (χ0) is 11.6. The molecule has 0 aromatic rings. The largest absolute Gasteiger partial charge is 0.380 e. The summed E-state index contributed by atoms with van der Waals surface area (Å²) >= 11 is 0. The first kappa shape index (κ1) is 13.9. The Morgan fingerprint density at radius 3 is 2.69 bits per heavy atom. The normalized spacial score (nSPS) is 18.2. The number of hydrogen-bond donors (Lipinski definition) is 1. The summed E-state index contributed by atoms with van der Waals surface area (Å²) in [5.74, 6) is 0.974. The fourth-order valence-corrected chi connectivity index (χ4v) is 2.30. The molecule has 0 spiro atoms. The van der Waals surface area contributed by atoms with Crippen molar-refractivity contribution >= 4 is 0 Å². The van der Waals surface area contributed by atoms with E-state index < -0.39 is 0 Å². The van der Waals surface area contributed by atoms with E-state index >= 15 is 0 Å². The smallest absolute Gasteiger partial charge is 0.0593 e. The van der Waals surface area contributed by atoms with Gasteiger partial charge in [0.15, 0.2) is 0 Å². The Hall–Kier alpha value is -0.120. The van der Waals surface area contributed by atoms with E-state index in [-0.39, 0.29) is 0 Å². The van der Waals surface area contributed by atoms with Gasteiger partial charge in [-0.1, -0.05) is 0 Å². The number of rotatable bonds is 8. The second-order valence-corrected chi connectivity index (χ2v) is 4.84. The lowest BCUT2D eigenvalue weighted by atomic mass is 9.93. The van der Waals surface area contributed by atoms with Crippen molar-refractivity contribution in [2.45, 2.75) is 32.6 Å². The van der Waals surface area contributed by atoms with Crippen LogP contribution < -0.4 is 5.32 Å². The Bertz CT molecular complexity index is 158. The molecule has 0 amide bonds. The minimum Gasteiger partial charge on any atom is -0.380 e. The van der Waals surface area contributed by atoms with Gasteiger partial charge in [0.25, 0.3) is 0 Å². The van der Waals surface area contributed by atoms with E-state index in [9.17, 15) is 0 Å². The molecular weight excluding hydrogens is 200 g/mol. The Morgan fingerprint density at radius 1 is 1.25 bits per heavy atom. The average molecular weight is 228 g/mol. The van der Waals surface area contributed by atoms with Gasteiger partial charge in [-0.2, -0.15) is 0 Å². The van der Waals surface area contributed by atoms with E-state index in [1.54, 1.807) is 0 Å². The van der Waals surface area contributed by atoms with Gasteiger partial charge in [0.1, 0.15) is 0 Å². The topological polar surface area (TPSA) is 24.5 Å². The third-order valence-corrected chi connectivity index (χ3v) is 3.43. The van der Waals surface area contributed by atoms with Gasteiger partial charge in [-0.3, -0.25) is 0 Å². The maximum Gasteiger partial charge on any atom is 0.0593 e. The third kappa shape index (κ3) is 6.46. The summed E-state index contributed by atoms with van der Waals surface area (Å²) in [6, 6.07) is 0.